The Morgan fingerprint density at radius 1 is 1.25 bits per heavy atom. The van der Waals surface area contributed by atoms with Gasteiger partial charge in [-0.05, 0) is 11.6 Å². The van der Waals surface area contributed by atoms with Crippen LogP contribution in [0, 0.1) is 6.92 Å². The van der Waals surface area contributed by atoms with Crippen LogP contribution in [0.5, 0.6) is 0 Å². The third-order valence-corrected chi connectivity index (χ3v) is 4.07. The molecule has 0 saturated carbocycles. The molecule has 0 unspecified atom stereocenters. The fourth-order valence-electron chi connectivity index (χ4n) is 2.92. The van der Waals surface area contributed by atoms with Crippen molar-refractivity contribution in [1.82, 2.24) is 25.4 Å². The van der Waals surface area contributed by atoms with Crippen LogP contribution in [0.15, 0.2) is 34.9 Å². The Morgan fingerprint density at radius 3 is 2.88 bits per heavy atom. The number of aromatic amines is 1. The number of aromatic nitrogens is 3. The van der Waals surface area contributed by atoms with E-state index in [9.17, 15) is 9.59 Å². The van der Waals surface area contributed by atoms with Gasteiger partial charge in [0, 0.05) is 30.4 Å². The predicted octanol–water partition coefficient (Wildman–Crippen LogP) is 1.52. The molecule has 3 aromatic rings. The summed E-state index contributed by atoms with van der Waals surface area (Å²) in [6.45, 7) is 1.64. The molecule has 24 heavy (non-hydrogen) atoms. The highest BCUT2D eigenvalue weighted by molar-refractivity contribution is 6.04. The van der Waals surface area contributed by atoms with Crippen LogP contribution in [0.4, 0.5) is 4.79 Å². The van der Waals surface area contributed by atoms with Gasteiger partial charge in [0.25, 0.3) is 5.91 Å². The van der Waals surface area contributed by atoms with Gasteiger partial charge in [0.05, 0.1) is 0 Å². The van der Waals surface area contributed by atoms with Crippen LogP contribution in [-0.2, 0) is 17.8 Å². The summed E-state index contributed by atoms with van der Waals surface area (Å²) in [5.74, 6) is 0.345. The Labute approximate surface area is 136 Å². The van der Waals surface area contributed by atoms with Crippen LogP contribution in [-0.4, -0.2) is 38.1 Å². The average Bonchev–Trinajstić information content (AvgIpc) is 3.24. The average molecular weight is 325 g/mol. The summed E-state index contributed by atoms with van der Waals surface area (Å²) in [5.41, 5.74) is 1.99. The molecule has 8 nitrogen and oxygen atoms in total. The lowest BCUT2D eigenvalue weighted by molar-refractivity contribution is -0.128. The van der Waals surface area contributed by atoms with Gasteiger partial charge in [0.2, 0.25) is 11.8 Å². The molecular formula is C16H15N5O3. The molecule has 0 aliphatic carbocycles. The van der Waals surface area contributed by atoms with Crippen molar-refractivity contribution >= 4 is 22.8 Å². The van der Waals surface area contributed by atoms with Crippen molar-refractivity contribution in [2.75, 3.05) is 0 Å². The summed E-state index contributed by atoms with van der Waals surface area (Å²) in [6.07, 6.45) is 2.29. The molecule has 4 rings (SSSR count). The maximum Gasteiger partial charge on any atom is 0.325 e. The van der Waals surface area contributed by atoms with Gasteiger partial charge >= 0.3 is 6.03 Å². The van der Waals surface area contributed by atoms with Crippen molar-refractivity contribution in [3.8, 4) is 0 Å². The first-order valence-electron chi connectivity index (χ1n) is 7.57. The molecule has 1 atom stereocenters. The summed E-state index contributed by atoms with van der Waals surface area (Å²) in [4.78, 5) is 28.9. The van der Waals surface area contributed by atoms with Crippen LogP contribution in [0.2, 0.25) is 0 Å². The molecule has 0 radical (unpaired) electrons. The van der Waals surface area contributed by atoms with Gasteiger partial charge in [0.1, 0.15) is 12.6 Å². The molecule has 8 heteroatoms. The Bertz CT molecular complexity index is 929. The lowest BCUT2D eigenvalue weighted by Gasteiger charge is -2.10. The van der Waals surface area contributed by atoms with Crippen molar-refractivity contribution in [3.63, 3.8) is 0 Å². The lowest BCUT2D eigenvalue weighted by Crippen LogP contribution is -2.32. The zero-order valence-corrected chi connectivity index (χ0v) is 12.9. The first kappa shape index (κ1) is 14.4. The second-order valence-corrected chi connectivity index (χ2v) is 5.70. The Morgan fingerprint density at radius 2 is 2.08 bits per heavy atom. The maximum atomic E-state index is 12.5. The number of fused-ring (bicyclic) bond motifs is 1. The second kappa shape index (κ2) is 5.48. The minimum absolute atomic E-state index is 0.0180. The number of para-hydroxylation sites is 1. The monoisotopic (exact) mass is 325 g/mol. The molecule has 1 aliphatic rings. The fourth-order valence-corrected chi connectivity index (χ4v) is 2.92. The van der Waals surface area contributed by atoms with E-state index in [2.05, 4.69) is 20.5 Å². The van der Waals surface area contributed by atoms with Crippen molar-refractivity contribution in [2.45, 2.75) is 25.9 Å². The fraction of sp³-hybridized carbons (Fsp3) is 0.250. The quantitative estimate of drug-likeness (QED) is 0.708. The normalized spacial score (nSPS) is 17.7. The van der Waals surface area contributed by atoms with Gasteiger partial charge < -0.3 is 14.7 Å². The molecule has 0 spiro atoms. The molecule has 0 bridgehead atoms. The third-order valence-electron chi connectivity index (χ3n) is 4.07. The van der Waals surface area contributed by atoms with E-state index >= 15 is 0 Å². The first-order valence-corrected chi connectivity index (χ1v) is 7.57. The minimum Gasteiger partial charge on any atom is -0.424 e. The van der Waals surface area contributed by atoms with Crippen LogP contribution in [0.3, 0.4) is 0 Å². The van der Waals surface area contributed by atoms with E-state index in [1.807, 2.05) is 30.5 Å². The van der Waals surface area contributed by atoms with Gasteiger partial charge in [-0.25, -0.2) is 4.79 Å². The van der Waals surface area contributed by atoms with Crippen molar-refractivity contribution in [3.05, 3.63) is 47.8 Å². The highest BCUT2D eigenvalue weighted by Gasteiger charge is 2.39. The molecule has 3 heterocycles. The SMILES string of the molecule is Cc1nnc(CN2C(=O)N[C@@H](Cc3c[nH]c4ccccc34)C2=O)o1. The molecule has 1 aliphatic heterocycles. The molecule has 2 aromatic heterocycles. The van der Waals surface area contributed by atoms with Crippen LogP contribution < -0.4 is 5.32 Å². The summed E-state index contributed by atoms with van der Waals surface area (Å²) >= 11 is 0. The smallest absolute Gasteiger partial charge is 0.325 e. The second-order valence-electron chi connectivity index (χ2n) is 5.70. The number of rotatable bonds is 4. The van der Waals surface area contributed by atoms with Crippen LogP contribution in [0.1, 0.15) is 17.3 Å². The van der Waals surface area contributed by atoms with Gasteiger partial charge in [-0.3, -0.25) is 9.69 Å². The number of H-pyrrole nitrogens is 1. The molecule has 2 N–H and O–H groups in total. The topological polar surface area (TPSA) is 104 Å². The summed E-state index contributed by atoms with van der Waals surface area (Å²) in [5, 5.41) is 11.3. The number of nitrogens with one attached hydrogen (secondary N) is 2. The summed E-state index contributed by atoms with van der Waals surface area (Å²) in [7, 11) is 0. The van der Waals surface area contributed by atoms with Gasteiger partial charge in [-0.1, -0.05) is 18.2 Å². The number of nitrogens with zero attached hydrogens (tertiary/aromatic N) is 3. The van der Waals surface area contributed by atoms with E-state index in [4.69, 9.17) is 4.42 Å². The van der Waals surface area contributed by atoms with E-state index in [1.54, 1.807) is 6.92 Å². The van der Waals surface area contributed by atoms with Gasteiger partial charge in [0.15, 0.2) is 0 Å². The Hall–Kier alpha value is -3.16. The molecule has 122 valence electrons. The first-order chi connectivity index (χ1) is 11.6. The van der Waals surface area contributed by atoms with Crippen molar-refractivity contribution in [1.29, 1.82) is 0 Å². The number of imide groups is 1. The summed E-state index contributed by atoms with van der Waals surface area (Å²) < 4.78 is 5.24. The maximum absolute atomic E-state index is 12.5. The molecular weight excluding hydrogens is 310 g/mol. The number of aryl methyl sites for hydroxylation is 1. The van der Waals surface area contributed by atoms with Crippen LogP contribution >= 0.6 is 0 Å². The molecule has 1 fully saturated rings. The molecule has 1 aromatic carbocycles. The zero-order valence-electron chi connectivity index (χ0n) is 12.9. The summed E-state index contributed by atoms with van der Waals surface area (Å²) in [6, 6.07) is 6.80. The van der Waals surface area contributed by atoms with Crippen molar-refractivity contribution < 1.29 is 14.0 Å². The number of carbonyl (C=O) groups is 2. The third kappa shape index (κ3) is 2.41. The highest BCUT2D eigenvalue weighted by atomic mass is 16.4. The lowest BCUT2D eigenvalue weighted by atomic mass is 10.1. The van der Waals surface area contributed by atoms with Crippen LogP contribution in [0.25, 0.3) is 10.9 Å². The van der Waals surface area contributed by atoms with Gasteiger partial charge in [-0.15, -0.1) is 10.2 Å². The van der Waals surface area contributed by atoms with E-state index in [-0.39, 0.29) is 18.3 Å². The number of carbonyl (C=O) groups excluding carboxylic acids is 2. The van der Waals surface area contributed by atoms with E-state index in [0.29, 0.717) is 12.3 Å². The zero-order chi connectivity index (χ0) is 16.7. The highest BCUT2D eigenvalue weighted by Crippen LogP contribution is 2.21. The number of benzene rings is 1. The predicted molar refractivity (Wildman–Crippen MR) is 83.9 cm³/mol. The van der Waals surface area contributed by atoms with E-state index in [0.717, 1.165) is 21.4 Å². The van der Waals surface area contributed by atoms with Gasteiger partial charge in [-0.2, -0.15) is 0 Å². The minimum atomic E-state index is -0.597. The molecule has 3 amide bonds. The number of hydrogen-bond donors (Lipinski definition) is 2. The molecule has 1 saturated heterocycles. The van der Waals surface area contributed by atoms with Crippen molar-refractivity contribution in [2.24, 2.45) is 0 Å². The van der Waals surface area contributed by atoms with E-state index in [1.165, 1.54) is 0 Å². The Kier molecular flexibility index (Phi) is 3.30. The Balaban J connectivity index is 1.53. The standard InChI is InChI=1S/C16H15N5O3/c1-9-19-20-14(24-9)8-21-15(22)13(18-16(21)23)6-10-7-17-12-5-3-2-4-11(10)12/h2-5,7,13,17H,6,8H2,1H3,(H,18,23)/t13-/m0/s1. The largest absolute Gasteiger partial charge is 0.424 e. The number of hydrogen-bond acceptors (Lipinski definition) is 5. The number of urea groups is 1. The number of amides is 3. The van der Waals surface area contributed by atoms with E-state index < -0.39 is 12.1 Å².